The molecule has 0 spiro atoms. The van der Waals surface area contributed by atoms with Gasteiger partial charge in [0.1, 0.15) is 0 Å². The summed E-state index contributed by atoms with van der Waals surface area (Å²) in [6.45, 7) is 8.01. The molecule has 0 saturated heterocycles. The molecule has 21 heavy (non-hydrogen) atoms. The minimum atomic E-state index is 0.353. The molecular weight excluding hydrogens is 280 g/mol. The molecule has 0 aromatic heterocycles. The predicted molar refractivity (Wildman–Crippen MR) is 86.0 cm³/mol. The maximum absolute atomic E-state index is 8.91. The zero-order valence-electron chi connectivity index (χ0n) is 13.0. The van der Waals surface area contributed by atoms with Crippen LogP contribution in [0.3, 0.4) is 0 Å². The molecule has 3 atom stereocenters. The fraction of sp³-hybridized carbons (Fsp3) is 0.611. The van der Waals surface area contributed by atoms with Crippen molar-refractivity contribution >= 4 is 11.6 Å². The van der Waals surface area contributed by atoms with Crippen LogP contribution in [0.2, 0.25) is 5.02 Å². The monoisotopic (exact) mass is 302 g/mol. The third kappa shape index (κ3) is 2.37. The van der Waals surface area contributed by atoms with Gasteiger partial charge in [0, 0.05) is 17.6 Å². The Hall–Kier alpha value is -1.04. The summed E-state index contributed by atoms with van der Waals surface area (Å²) in [6, 6.07) is 8.23. The van der Waals surface area contributed by atoms with E-state index in [4.69, 9.17) is 16.9 Å². The molecular formula is C18H23ClN2. The van der Waals surface area contributed by atoms with Crippen LogP contribution < -0.4 is 5.32 Å². The molecule has 0 radical (unpaired) electrons. The lowest BCUT2D eigenvalue weighted by molar-refractivity contribution is 0.108. The van der Waals surface area contributed by atoms with Crippen molar-refractivity contribution in [3.8, 4) is 6.07 Å². The molecule has 2 aliphatic carbocycles. The van der Waals surface area contributed by atoms with Crippen molar-refractivity contribution in [3.63, 3.8) is 0 Å². The van der Waals surface area contributed by atoms with E-state index in [9.17, 15) is 0 Å². The minimum Gasteiger partial charge on any atom is -0.309 e. The van der Waals surface area contributed by atoms with Crippen LogP contribution in [-0.4, -0.2) is 6.04 Å². The van der Waals surface area contributed by atoms with Gasteiger partial charge < -0.3 is 5.32 Å². The number of rotatable bonds is 3. The molecule has 1 aromatic rings. The molecule has 3 rings (SSSR count). The molecule has 1 N–H and O–H groups in total. The Labute approximate surface area is 132 Å². The van der Waals surface area contributed by atoms with Crippen molar-refractivity contribution in [2.24, 2.45) is 16.7 Å². The second-order valence-corrected chi connectivity index (χ2v) is 8.05. The standard InChI is InChI=1S/C18H23ClN2/c1-17(2)14-6-7-18(3,9-14)16(17)21-11-13-5-4-12(10-20)8-15(13)19/h4-5,8,14,16,21H,6-7,9,11H2,1-3H3. The van der Waals surface area contributed by atoms with Gasteiger partial charge in [-0.15, -0.1) is 0 Å². The van der Waals surface area contributed by atoms with E-state index < -0.39 is 0 Å². The fourth-order valence-corrected chi connectivity index (χ4v) is 5.03. The summed E-state index contributed by atoms with van der Waals surface area (Å²) in [7, 11) is 0. The van der Waals surface area contributed by atoms with Crippen LogP contribution in [0.25, 0.3) is 0 Å². The minimum absolute atomic E-state index is 0.353. The highest BCUT2D eigenvalue weighted by atomic mass is 35.5. The molecule has 3 heteroatoms. The highest BCUT2D eigenvalue weighted by Crippen LogP contribution is 2.62. The summed E-state index contributed by atoms with van der Waals surface area (Å²) in [5.41, 5.74) is 2.48. The van der Waals surface area contributed by atoms with Crippen LogP contribution >= 0.6 is 11.6 Å². The van der Waals surface area contributed by atoms with Crippen molar-refractivity contribution in [2.75, 3.05) is 0 Å². The molecule has 2 bridgehead atoms. The van der Waals surface area contributed by atoms with Gasteiger partial charge in [0.05, 0.1) is 11.6 Å². The summed E-state index contributed by atoms with van der Waals surface area (Å²) in [6.07, 6.45) is 4.05. The van der Waals surface area contributed by atoms with Crippen molar-refractivity contribution in [2.45, 2.75) is 52.6 Å². The van der Waals surface area contributed by atoms with Crippen LogP contribution in [0.1, 0.15) is 51.2 Å². The van der Waals surface area contributed by atoms with Gasteiger partial charge >= 0.3 is 0 Å². The maximum atomic E-state index is 8.91. The third-order valence-corrected chi connectivity index (χ3v) is 6.30. The number of nitrogens with zero attached hydrogens (tertiary/aromatic N) is 1. The van der Waals surface area contributed by atoms with Gasteiger partial charge in [0.15, 0.2) is 0 Å². The summed E-state index contributed by atoms with van der Waals surface area (Å²) in [5, 5.41) is 13.4. The quantitative estimate of drug-likeness (QED) is 0.891. The number of fused-ring (bicyclic) bond motifs is 2. The molecule has 0 aliphatic heterocycles. The van der Waals surface area contributed by atoms with Gasteiger partial charge in [-0.25, -0.2) is 0 Å². The molecule has 0 heterocycles. The highest BCUT2D eigenvalue weighted by molar-refractivity contribution is 6.31. The van der Waals surface area contributed by atoms with E-state index in [0.717, 1.165) is 18.0 Å². The smallest absolute Gasteiger partial charge is 0.0992 e. The Morgan fingerprint density at radius 2 is 2.14 bits per heavy atom. The largest absolute Gasteiger partial charge is 0.309 e. The lowest BCUT2D eigenvalue weighted by Crippen LogP contribution is -2.49. The molecule has 3 unspecified atom stereocenters. The van der Waals surface area contributed by atoms with Gasteiger partial charge in [0.2, 0.25) is 0 Å². The molecule has 112 valence electrons. The zero-order chi connectivity index (χ0) is 15.3. The second-order valence-electron chi connectivity index (χ2n) is 7.65. The Balaban J connectivity index is 1.75. The van der Waals surface area contributed by atoms with Gasteiger partial charge in [0.25, 0.3) is 0 Å². The van der Waals surface area contributed by atoms with E-state index in [-0.39, 0.29) is 0 Å². The van der Waals surface area contributed by atoms with Gasteiger partial charge in [-0.2, -0.15) is 5.26 Å². The molecule has 1 aromatic carbocycles. The van der Waals surface area contributed by atoms with Crippen LogP contribution in [0.15, 0.2) is 18.2 Å². The summed E-state index contributed by atoms with van der Waals surface area (Å²) < 4.78 is 0. The zero-order valence-corrected chi connectivity index (χ0v) is 13.8. The first-order chi connectivity index (χ1) is 9.87. The van der Waals surface area contributed by atoms with Crippen LogP contribution in [0.5, 0.6) is 0 Å². The van der Waals surface area contributed by atoms with E-state index in [1.807, 2.05) is 12.1 Å². The van der Waals surface area contributed by atoms with Crippen LogP contribution in [-0.2, 0) is 6.54 Å². The van der Waals surface area contributed by atoms with Crippen molar-refractivity contribution in [1.82, 2.24) is 5.32 Å². The first-order valence-electron chi connectivity index (χ1n) is 7.79. The molecule has 2 aliphatic rings. The molecule has 2 saturated carbocycles. The average molecular weight is 303 g/mol. The van der Waals surface area contributed by atoms with Crippen molar-refractivity contribution < 1.29 is 0 Å². The number of benzene rings is 1. The third-order valence-electron chi connectivity index (χ3n) is 5.95. The van der Waals surface area contributed by atoms with E-state index >= 15 is 0 Å². The topological polar surface area (TPSA) is 35.8 Å². The van der Waals surface area contributed by atoms with E-state index in [0.29, 0.717) is 27.5 Å². The van der Waals surface area contributed by atoms with Gasteiger partial charge in [-0.1, -0.05) is 38.4 Å². The SMILES string of the molecule is CC12CCC(C1)C(C)(C)C2NCc1ccc(C#N)cc1Cl. The Bertz CT molecular complexity index is 597. The predicted octanol–water partition coefficient (Wildman–Crippen LogP) is 4.52. The maximum Gasteiger partial charge on any atom is 0.0992 e. The van der Waals surface area contributed by atoms with Crippen LogP contribution in [0, 0.1) is 28.1 Å². The van der Waals surface area contributed by atoms with E-state index in [2.05, 4.69) is 32.2 Å². The first kappa shape index (κ1) is 14.9. The number of hydrogen-bond donors (Lipinski definition) is 1. The summed E-state index contributed by atoms with van der Waals surface area (Å²) in [5.74, 6) is 0.844. The van der Waals surface area contributed by atoms with Crippen LogP contribution in [0.4, 0.5) is 0 Å². The van der Waals surface area contributed by atoms with Gasteiger partial charge in [-0.05, 0) is 53.7 Å². The van der Waals surface area contributed by atoms with E-state index in [1.165, 1.54) is 19.3 Å². The first-order valence-corrected chi connectivity index (χ1v) is 8.16. The molecule has 2 fully saturated rings. The second kappa shape index (κ2) is 5.00. The fourth-order valence-electron chi connectivity index (χ4n) is 4.78. The average Bonchev–Trinajstić information content (AvgIpc) is 2.91. The Kier molecular flexibility index (Phi) is 3.55. The lowest BCUT2D eigenvalue weighted by Gasteiger charge is -2.43. The van der Waals surface area contributed by atoms with Crippen molar-refractivity contribution in [1.29, 1.82) is 5.26 Å². The summed E-state index contributed by atoms with van der Waals surface area (Å²) >= 11 is 6.29. The number of nitrogens with one attached hydrogen (secondary N) is 1. The Morgan fingerprint density at radius 1 is 1.38 bits per heavy atom. The number of hydrogen-bond acceptors (Lipinski definition) is 2. The summed E-state index contributed by atoms with van der Waals surface area (Å²) in [4.78, 5) is 0. The molecule has 0 amide bonds. The van der Waals surface area contributed by atoms with Crippen molar-refractivity contribution in [3.05, 3.63) is 34.3 Å². The lowest BCUT2D eigenvalue weighted by atomic mass is 9.68. The normalized spacial score (nSPS) is 33.1. The number of nitriles is 1. The number of halogens is 1. The molecule has 2 nitrogen and oxygen atoms in total. The Morgan fingerprint density at radius 3 is 2.71 bits per heavy atom. The van der Waals surface area contributed by atoms with Gasteiger partial charge in [-0.3, -0.25) is 0 Å². The highest BCUT2D eigenvalue weighted by Gasteiger charge is 2.58. The van der Waals surface area contributed by atoms with E-state index in [1.54, 1.807) is 6.07 Å².